The number of rotatable bonds is 6. The fraction of sp³-hybridized carbons (Fsp3) is 0.667. The topological polar surface area (TPSA) is 12.0 Å². The lowest BCUT2D eigenvalue weighted by Crippen LogP contribution is -2.31. The van der Waals surface area contributed by atoms with Gasteiger partial charge in [0.2, 0.25) is 0 Å². The maximum Gasteiger partial charge on any atom is 0.0161 e. The van der Waals surface area contributed by atoms with Crippen molar-refractivity contribution in [2.45, 2.75) is 50.0 Å². The molecule has 2 aliphatic carbocycles. The Morgan fingerprint density at radius 1 is 1.30 bits per heavy atom. The summed E-state index contributed by atoms with van der Waals surface area (Å²) in [5.41, 5.74) is 1.36. The lowest BCUT2D eigenvalue weighted by molar-refractivity contribution is 0.290. The zero-order chi connectivity index (χ0) is 13.9. The second-order valence-electron chi connectivity index (χ2n) is 6.78. The molecular formula is C18H27NS. The average Bonchev–Trinajstić information content (AvgIpc) is 3.06. The van der Waals surface area contributed by atoms with Gasteiger partial charge in [-0.3, -0.25) is 0 Å². The van der Waals surface area contributed by atoms with Crippen LogP contribution in [0.2, 0.25) is 0 Å². The molecule has 1 N–H and O–H groups in total. The molecule has 110 valence electrons. The highest BCUT2D eigenvalue weighted by Crippen LogP contribution is 2.50. The van der Waals surface area contributed by atoms with Crippen molar-refractivity contribution in [3.63, 3.8) is 0 Å². The highest BCUT2D eigenvalue weighted by atomic mass is 32.2. The van der Waals surface area contributed by atoms with Crippen molar-refractivity contribution in [3.05, 3.63) is 29.8 Å². The minimum Gasteiger partial charge on any atom is -0.316 e. The summed E-state index contributed by atoms with van der Waals surface area (Å²) in [5, 5.41) is 3.55. The van der Waals surface area contributed by atoms with Gasteiger partial charge >= 0.3 is 0 Å². The Bertz CT molecular complexity index is 445. The second kappa shape index (κ2) is 6.53. The van der Waals surface area contributed by atoms with Crippen LogP contribution in [-0.4, -0.2) is 18.8 Å². The van der Waals surface area contributed by atoms with Gasteiger partial charge in [-0.25, -0.2) is 0 Å². The van der Waals surface area contributed by atoms with Crippen molar-refractivity contribution in [1.82, 2.24) is 5.32 Å². The Hall–Kier alpha value is -0.470. The standard InChI is InChI=1S/C18H27NS/c1-13-4-3-5-18(8-13)20-12-17(19-2)11-16-10-14-6-7-15(16)9-14/h3-5,8,14-17,19H,6-7,9-12H2,1-2H3. The summed E-state index contributed by atoms with van der Waals surface area (Å²) >= 11 is 2.01. The van der Waals surface area contributed by atoms with E-state index in [0.717, 1.165) is 17.8 Å². The van der Waals surface area contributed by atoms with Gasteiger partial charge in [0.15, 0.2) is 0 Å². The molecule has 1 aromatic carbocycles. The van der Waals surface area contributed by atoms with E-state index in [2.05, 4.69) is 43.6 Å². The van der Waals surface area contributed by atoms with Gasteiger partial charge in [0, 0.05) is 16.7 Å². The van der Waals surface area contributed by atoms with Gasteiger partial charge in [-0.2, -0.15) is 0 Å². The first kappa shape index (κ1) is 14.5. The van der Waals surface area contributed by atoms with Crippen LogP contribution in [0.4, 0.5) is 0 Å². The molecule has 0 spiro atoms. The predicted molar refractivity (Wildman–Crippen MR) is 88.3 cm³/mol. The lowest BCUT2D eigenvalue weighted by atomic mass is 9.84. The lowest BCUT2D eigenvalue weighted by Gasteiger charge is -2.26. The van der Waals surface area contributed by atoms with Gasteiger partial charge in [0.25, 0.3) is 0 Å². The van der Waals surface area contributed by atoms with Crippen LogP contribution in [-0.2, 0) is 0 Å². The van der Waals surface area contributed by atoms with Crippen molar-refractivity contribution in [2.24, 2.45) is 17.8 Å². The molecule has 0 aliphatic heterocycles. The number of hydrogen-bond donors (Lipinski definition) is 1. The SMILES string of the molecule is CNC(CSc1cccc(C)c1)CC1CC2CCC1C2. The van der Waals surface area contributed by atoms with Crippen LogP contribution in [0.15, 0.2) is 29.2 Å². The molecule has 4 atom stereocenters. The molecule has 2 aliphatic rings. The molecule has 1 aromatic rings. The van der Waals surface area contributed by atoms with Crippen molar-refractivity contribution in [3.8, 4) is 0 Å². The molecule has 1 nitrogen and oxygen atoms in total. The van der Waals surface area contributed by atoms with Gasteiger partial charge in [0.1, 0.15) is 0 Å². The van der Waals surface area contributed by atoms with E-state index >= 15 is 0 Å². The predicted octanol–water partition coefficient (Wildman–Crippen LogP) is 4.50. The summed E-state index contributed by atoms with van der Waals surface area (Å²) in [7, 11) is 2.13. The Kier molecular flexibility index (Phi) is 4.72. The Balaban J connectivity index is 1.50. The molecule has 2 bridgehead atoms. The minimum absolute atomic E-state index is 0.671. The van der Waals surface area contributed by atoms with Crippen molar-refractivity contribution in [1.29, 1.82) is 0 Å². The normalized spacial score (nSPS) is 29.8. The van der Waals surface area contributed by atoms with E-state index in [4.69, 9.17) is 0 Å². The Morgan fingerprint density at radius 3 is 2.85 bits per heavy atom. The van der Waals surface area contributed by atoms with Gasteiger partial charge < -0.3 is 5.32 Å². The highest BCUT2D eigenvalue weighted by molar-refractivity contribution is 7.99. The molecule has 4 unspecified atom stereocenters. The summed E-state index contributed by atoms with van der Waals surface area (Å²) in [6.45, 7) is 2.18. The maximum absolute atomic E-state index is 3.55. The third kappa shape index (κ3) is 3.40. The molecule has 0 amide bonds. The molecule has 0 heterocycles. The molecular weight excluding hydrogens is 262 g/mol. The molecule has 20 heavy (non-hydrogen) atoms. The number of aryl methyl sites for hydroxylation is 1. The zero-order valence-electron chi connectivity index (χ0n) is 12.8. The van der Waals surface area contributed by atoms with Crippen LogP contribution in [0.5, 0.6) is 0 Å². The summed E-state index contributed by atoms with van der Waals surface area (Å²) in [4.78, 5) is 1.41. The molecule has 2 fully saturated rings. The van der Waals surface area contributed by atoms with Crippen molar-refractivity contribution < 1.29 is 0 Å². The van der Waals surface area contributed by atoms with E-state index < -0.39 is 0 Å². The third-order valence-corrected chi connectivity index (χ3v) is 6.48. The van der Waals surface area contributed by atoms with Gasteiger partial charge in [-0.05, 0) is 69.5 Å². The van der Waals surface area contributed by atoms with Gasteiger partial charge in [-0.1, -0.05) is 24.1 Å². The van der Waals surface area contributed by atoms with E-state index in [1.54, 1.807) is 0 Å². The molecule has 3 rings (SSSR count). The first-order valence-corrected chi connectivity index (χ1v) is 9.10. The van der Waals surface area contributed by atoms with E-state index in [1.165, 1.54) is 48.3 Å². The third-order valence-electron chi connectivity index (χ3n) is 5.32. The monoisotopic (exact) mass is 289 g/mol. The van der Waals surface area contributed by atoms with Crippen LogP contribution in [0.1, 0.15) is 37.7 Å². The number of hydrogen-bond acceptors (Lipinski definition) is 2. The fourth-order valence-electron chi connectivity index (χ4n) is 4.20. The second-order valence-corrected chi connectivity index (χ2v) is 7.88. The summed E-state index contributed by atoms with van der Waals surface area (Å²) in [6.07, 6.45) is 7.46. The van der Waals surface area contributed by atoms with Gasteiger partial charge in [-0.15, -0.1) is 11.8 Å². The van der Waals surface area contributed by atoms with Crippen LogP contribution in [0, 0.1) is 24.7 Å². The van der Waals surface area contributed by atoms with Crippen LogP contribution < -0.4 is 5.32 Å². The van der Waals surface area contributed by atoms with E-state index in [0.29, 0.717) is 6.04 Å². The highest BCUT2D eigenvalue weighted by Gasteiger charge is 2.39. The Morgan fingerprint density at radius 2 is 2.20 bits per heavy atom. The summed E-state index contributed by atoms with van der Waals surface area (Å²) in [6, 6.07) is 9.55. The smallest absolute Gasteiger partial charge is 0.0161 e. The largest absolute Gasteiger partial charge is 0.316 e. The number of nitrogens with one attached hydrogen (secondary N) is 1. The molecule has 2 saturated carbocycles. The van der Waals surface area contributed by atoms with E-state index in [9.17, 15) is 0 Å². The van der Waals surface area contributed by atoms with E-state index in [-0.39, 0.29) is 0 Å². The van der Waals surface area contributed by atoms with Crippen LogP contribution in [0.3, 0.4) is 0 Å². The summed E-state index contributed by atoms with van der Waals surface area (Å²) in [5.74, 6) is 4.34. The molecule has 0 aromatic heterocycles. The minimum atomic E-state index is 0.671. The molecule has 0 saturated heterocycles. The average molecular weight is 289 g/mol. The molecule has 2 heteroatoms. The first-order valence-electron chi connectivity index (χ1n) is 8.11. The fourth-order valence-corrected chi connectivity index (χ4v) is 5.34. The first-order chi connectivity index (χ1) is 9.74. The quantitative estimate of drug-likeness (QED) is 0.774. The van der Waals surface area contributed by atoms with Gasteiger partial charge in [0.05, 0.1) is 0 Å². The summed E-state index contributed by atoms with van der Waals surface area (Å²) < 4.78 is 0. The Labute approximate surface area is 127 Å². The van der Waals surface area contributed by atoms with E-state index in [1.807, 2.05) is 11.8 Å². The van der Waals surface area contributed by atoms with Crippen LogP contribution >= 0.6 is 11.8 Å². The van der Waals surface area contributed by atoms with Crippen molar-refractivity contribution >= 4 is 11.8 Å². The maximum atomic E-state index is 3.55. The number of fused-ring (bicyclic) bond motifs is 2. The van der Waals surface area contributed by atoms with Crippen LogP contribution in [0.25, 0.3) is 0 Å². The number of thioether (sulfide) groups is 1. The molecule has 0 radical (unpaired) electrons. The van der Waals surface area contributed by atoms with Crippen molar-refractivity contribution in [2.75, 3.05) is 12.8 Å². The zero-order valence-corrected chi connectivity index (χ0v) is 13.6. The number of benzene rings is 1.